The van der Waals surface area contributed by atoms with Crippen LogP contribution in [0.2, 0.25) is 0 Å². The molecule has 4 nitrogen and oxygen atoms in total. The molecule has 0 rings (SSSR count). The van der Waals surface area contributed by atoms with Crippen molar-refractivity contribution in [2.45, 2.75) is 32.9 Å². The first-order valence-electron chi connectivity index (χ1n) is 4.02. The van der Waals surface area contributed by atoms with Crippen molar-refractivity contribution in [1.82, 2.24) is 5.32 Å². The number of alkyl carbamates (subject to hydrolysis) is 1. The number of carbonyl (C=O) groups excluding carboxylic acids is 1. The van der Waals surface area contributed by atoms with Crippen LogP contribution in [0, 0.1) is 0 Å². The highest BCUT2D eigenvalue weighted by molar-refractivity contribution is 5.67. The fraction of sp³-hybridized carbons (Fsp3) is 0.875. The molecule has 0 radical (unpaired) electrons. The van der Waals surface area contributed by atoms with Gasteiger partial charge in [-0.3, -0.25) is 0 Å². The summed E-state index contributed by atoms with van der Waals surface area (Å²) in [6, 6.07) is -0.0127. The first kappa shape index (κ1) is 11.2. The van der Waals surface area contributed by atoms with Gasteiger partial charge < -0.3 is 14.8 Å². The second kappa shape index (κ2) is 5.83. The average molecular weight is 175 g/mol. The molecule has 4 heteroatoms. The lowest BCUT2D eigenvalue weighted by Crippen LogP contribution is -2.37. The van der Waals surface area contributed by atoms with E-state index in [-0.39, 0.29) is 12.1 Å². The van der Waals surface area contributed by atoms with Crippen LogP contribution in [0.4, 0.5) is 4.79 Å². The van der Waals surface area contributed by atoms with Gasteiger partial charge in [0.25, 0.3) is 0 Å². The van der Waals surface area contributed by atoms with Gasteiger partial charge in [0.2, 0.25) is 0 Å². The Labute approximate surface area is 73.2 Å². The third-order valence-corrected chi connectivity index (χ3v) is 1.12. The van der Waals surface area contributed by atoms with Gasteiger partial charge in [0.15, 0.2) is 0 Å². The number of ether oxygens (including phenoxy) is 2. The van der Waals surface area contributed by atoms with E-state index in [0.717, 1.165) is 0 Å². The molecule has 0 aromatic heterocycles. The van der Waals surface area contributed by atoms with E-state index in [1.807, 2.05) is 6.92 Å². The summed E-state index contributed by atoms with van der Waals surface area (Å²) >= 11 is 0. The Morgan fingerprint density at radius 2 is 2.00 bits per heavy atom. The predicted octanol–water partition coefficient (Wildman–Crippen LogP) is 1.16. The molecule has 0 saturated carbocycles. The Hall–Kier alpha value is -0.770. The van der Waals surface area contributed by atoms with Crippen LogP contribution in [0.1, 0.15) is 20.8 Å². The third kappa shape index (κ3) is 5.97. The topological polar surface area (TPSA) is 47.6 Å². The summed E-state index contributed by atoms with van der Waals surface area (Å²) in [7, 11) is 1.59. The molecule has 0 aromatic rings. The zero-order valence-electron chi connectivity index (χ0n) is 8.09. The molecule has 12 heavy (non-hydrogen) atoms. The predicted molar refractivity (Wildman–Crippen MR) is 46.1 cm³/mol. The van der Waals surface area contributed by atoms with Crippen LogP contribution in [-0.2, 0) is 9.47 Å². The molecule has 1 unspecified atom stereocenters. The SMILES string of the molecule is COCC(C)NC(=O)OC(C)C. The van der Waals surface area contributed by atoms with Crippen LogP contribution in [0.15, 0.2) is 0 Å². The molecule has 0 bridgehead atoms. The van der Waals surface area contributed by atoms with Crippen molar-refractivity contribution >= 4 is 6.09 Å². The first-order chi connectivity index (χ1) is 5.56. The van der Waals surface area contributed by atoms with E-state index in [0.29, 0.717) is 6.61 Å². The summed E-state index contributed by atoms with van der Waals surface area (Å²) in [6.45, 7) is 5.96. The van der Waals surface area contributed by atoms with Gasteiger partial charge in [0.05, 0.1) is 18.8 Å². The molecule has 72 valence electrons. The summed E-state index contributed by atoms with van der Waals surface area (Å²) in [5.74, 6) is 0. The highest BCUT2D eigenvalue weighted by Crippen LogP contribution is 1.90. The number of nitrogens with one attached hydrogen (secondary N) is 1. The van der Waals surface area contributed by atoms with Gasteiger partial charge in [-0.05, 0) is 20.8 Å². The minimum absolute atomic E-state index is 0.0127. The maximum atomic E-state index is 10.9. The smallest absolute Gasteiger partial charge is 0.407 e. The van der Waals surface area contributed by atoms with Crippen molar-refractivity contribution in [3.05, 3.63) is 0 Å². The Morgan fingerprint density at radius 1 is 1.42 bits per heavy atom. The molecular formula is C8H17NO3. The molecule has 0 aromatic carbocycles. The van der Waals surface area contributed by atoms with Crippen molar-refractivity contribution in [2.75, 3.05) is 13.7 Å². The number of hydrogen-bond acceptors (Lipinski definition) is 3. The normalized spacial score (nSPS) is 12.8. The molecule has 0 aliphatic heterocycles. The van der Waals surface area contributed by atoms with E-state index in [1.54, 1.807) is 21.0 Å². The number of amides is 1. The molecule has 0 aliphatic carbocycles. The van der Waals surface area contributed by atoms with Gasteiger partial charge in [0.1, 0.15) is 0 Å². The molecular weight excluding hydrogens is 158 g/mol. The quantitative estimate of drug-likeness (QED) is 0.697. The zero-order valence-corrected chi connectivity index (χ0v) is 8.09. The largest absolute Gasteiger partial charge is 0.447 e. The van der Waals surface area contributed by atoms with Gasteiger partial charge in [-0.2, -0.15) is 0 Å². The average Bonchev–Trinajstić information content (AvgIpc) is 1.84. The van der Waals surface area contributed by atoms with E-state index in [9.17, 15) is 4.79 Å². The monoisotopic (exact) mass is 175 g/mol. The Balaban J connectivity index is 3.54. The van der Waals surface area contributed by atoms with Crippen LogP contribution in [-0.4, -0.2) is 32.0 Å². The molecule has 1 N–H and O–H groups in total. The minimum Gasteiger partial charge on any atom is -0.447 e. The second-order valence-corrected chi connectivity index (χ2v) is 2.95. The van der Waals surface area contributed by atoms with Crippen LogP contribution in [0.25, 0.3) is 0 Å². The lowest BCUT2D eigenvalue weighted by atomic mass is 10.4. The maximum absolute atomic E-state index is 10.9. The summed E-state index contributed by atoms with van der Waals surface area (Å²) in [5.41, 5.74) is 0. The zero-order chi connectivity index (χ0) is 9.56. The van der Waals surface area contributed by atoms with E-state index in [4.69, 9.17) is 9.47 Å². The summed E-state index contributed by atoms with van der Waals surface area (Å²) in [5, 5.41) is 2.63. The van der Waals surface area contributed by atoms with Crippen molar-refractivity contribution < 1.29 is 14.3 Å². The first-order valence-corrected chi connectivity index (χ1v) is 4.02. The highest BCUT2D eigenvalue weighted by Gasteiger charge is 2.08. The van der Waals surface area contributed by atoms with Gasteiger partial charge in [-0.15, -0.1) is 0 Å². The van der Waals surface area contributed by atoms with Crippen molar-refractivity contribution in [3.63, 3.8) is 0 Å². The molecule has 0 saturated heterocycles. The molecule has 0 fully saturated rings. The van der Waals surface area contributed by atoms with E-state index in [2.05, 4.69) is 5.32 Å². The van der Waals surface area contributed by atoms with Crippen molar-refractivity contribution in [1.29, 1.82) is 0 Å². The lowest BCUT2D eigenvalue weighted by Gasteiger charge is -2.14. The summed E-state index contributed by atoms with van der Waals surface area (Å²) < 4.78 is 9.70. The van der Waals surface area contributed by atoms with Crippen molar-refractivity contribution in [2.24, 2.45) is 0 Å². The lowest BCUT2D eigenvalue weighted by molar-refractivity contribution is 0.104. The second-order valence-electron chi connectivity index (χ2n) is 2.95. The number of carbonyl (C=O) groups is 1. The van der Waals surface area contributed by atoms with Crippen LogP contribution in [0.5, 0.6) is 0 Å². The summed E-state index contributed by atoms with van der Waals surface area (Å²) in [4.78, 5) is 10.9. The Morgan fingerprint density at radius 3 is 2.42 bits per heavy atom. The Bertz CT molecular complexity index is 136. The molecule has 1 atom stereocenters. The standard InChI is InChI=1S/C8H17NO3/c1-6(2)12-8(10)9-7(3)5-11-4/h6-7H,5H2,1-4H3,(H,9,10). The minimum atomic E-state index is -0.394. The Kier molecular flexibility index (Phi) is 5.45. The van der Waals surface area contributed by atoms with E-state index >= 15 is 0 Å². The van der Waals surface area contributed by atoms with Gasteiger partial charge in [-0.1, -0.05) is 0 Å². The van der Waals surface area contributed by atoms with Gasteiger partial charge in [0, 0.05) is 7.11 Å². The number of hydrogen-bond donors (Lipinski definition) is 1. The molecule has 0 aliphatic rings. The molecule has 0 spiro atoms. The van der Waals surface area contributed by atoms with Crippen LogP contribution >= 0.6 is 0 Å². The van der Waals surface area contributed by atoms with Crippen molar-refractivity contribution in [3.8, 4) is 0 Å². The van der Waals surface area contributed by atoms with E-state index in [1.165, 1.54) is 0 Å². The van der Waals surface area contributed by atoms with Crippen LogP contribution < -0.4 is 5.32 Å². The third-order valence-electron chi connectivity index (χ3n) is 1.12. The highest BCUT2D eigenvalue weighted by atomic mass is 16.6. The van der Waals surface area contributed by atoms with Gasteiger partial charge >= 0.3 is 6.09 Å². The molecule has 1 amide bonds. The van der Waals surface area contributed by atoms with Gasteiger partial charge in [-0.25, -0.2) is 4.79 Å². The number of methoxy groups -OCH3 is 1. The maximum Gasteiger partial charge on any atom is 0.407 e. The fourth-order valence-corrected chi connectivity index (χ4v) is 0.741. The fourth-order valence-electron chi connectivity index (χ4n) is 0.741. The van der Waals surface area contributed by atoms with Crippen LogP contribution in [0.3, 0.4) is 0 Å². The number of rotatable bonds is 4. The summed E-state index contributed by atoms with van der Waals surface area (Å²) in [6.07, 6.45) is -0.478. The van der Waals surface area contributed by atoms with E-state index < -0.39 is 6.09 Å². The molecule has 0 heterocycles.